The van der Waals surface area contributed by atoms with Crippen molar-refractivity contribution in [1.29, 1.82) is 15.8 Å². The normalized spacial score (nSPS) is 15.6. The number of piperidine rings is 3. The number of sulfonamides is 3. The van der Waals surface area contributed by atoms with Crippen LogP contribution in [0.1, 0.15) is 99.7 Å². The third-order valence-electron chi connectivity index (χ3n) is 16.7. The molecule has 3 aromatic carbocycles. The van der Waals surface area contributed by atoms with Gasteiger partial charge in [-0.15, -0.1) is 0 Å². The quantitative estimate of drug-likeness (QED) is 0.0454. The maximum atomic E-state index is 13.3. The van der Waals surface area contributed by atoms with Crippen molar-refractivity contribution in [3.63, 3.8) is 0 Å². The van der Waals surface area contributed by atoms with Crippen LogP contribution in [0.3, 0.4) is 0 Å². The summed E-state index contributed by atoms with van der Waals surface area (Å²) in [5.74, 6) is -0.668. The van der Waals surface area contributed by atoms with Gasteiger partial charge < -0.3 is 38.4 Å². The maximum Gasteiger partial charge on any atom is 0.243 e. The number of nitrogens with one attached hydrogen (secondary N) is 5. The van der Waals surface area contributed by atoms with E-state index < -0.39 is 48.2 Å². The van der Waals surface area contributed by atoms with Crippen molar-refractivity contribution in [1.82, 2.24) is 52.5 Å². The molecule has 5 aromatic heterocycles. The summed E-state index contributed by atoms with van der Waals surface area (Å²) in [4.78, 5) is 51.1. The van der Waals surface area contributed by atoms with Gasteiger partial charge in [0.1, 0.15) is 58.3 Å². The van der Waals surface area contributed by atoms with E-state index in [1.165, 1.54) is 6.07 Å². The van der Waals surface area contributed by atoms with Crippen LogP contribution < -0.4 is 14.2 Å². The van der Waals surface area contributed by atoms with E-state index in [1.807, 2.05) is 6.07 Å². The highest BCUT2D eigenvalue weighted by Crippen LogP contribution is 2.27. The number of likely N-dealkylation sites (tertiary alicyclic amines) is 3. The Balaban J connectivity index is 0.000000163. The zero-order chi connectivity index (χ0) is 65.4. The fraction of sp³-hybridized carbons (Fsp3) is 0.385. The number of rotatable bonds is 21. The number of halogens is 1. The molecule has 23 nitrogen and oxygen atoms in total. The van der Waals surface area contributed by atoms with Gasteiger partial charge in [0.05, 0.1) is 14.8 Å². The summed E-state index contributed by atoms with van der Waals surface area (Å²) in [6.45, 7) is 6.51. The van der Waals surface area contributed by atoms with E-state index in [0.717, 1.165) is 63.2 Å². The van der Waals surface area contributed by atoms with Crippen molar-refractivity contribution in [3.05, 3.63) is 162 Å². The van der Waals surface area contributed by atoms with Crippen LogP contribution in [0, 0.1) is 40.9 Å². The van der Waals surface area contributed by atoms with E-state index in [2.05, 4.69) is 42.3 Å². The van der Waals surface area contributed by atoms with E-state index in [0.29, 0.717) is 98.0 Å². The molecular weight excluding hydrogens is 1250 g/mol. The van der Waals surface area contributed by atoms with E-state index in [1.54, 1.807) is 157 Å². The first-order valence-electron chi connectivity index (χ1n) is 30.8. The van der Waals surface area contributed by atoms with E-state index in [9.17, 15) is 55.4 Å². The maximum absolute atomic E-state index is 13.3. The summed E-state index contributed by atoms with van der Waals surface area (Å²) in [6.07, 6.45) is 18.1. The van der Waals surface area contributed by atoms with Crippen LogP contribution in [-0.4, -0.2) is 139 Å². The monoisotopic (exact) mass is 1330 g/mol. The van der Waals surface area contributed by atoms with Crippen molar-refractivity contribution >= 4 is 81.2 Å². The Hall–Kier alpha value is -8.52. The number of carbonyl (C=O) groups is 3. The molecule has 0 spiro atoms. The molecule has 11 rings (SSSR count). The summed E-state index contributed by atoms with van der Waals surface area (Å²) in [5.41, 5.74) is 3.36. The first kappa shape index (κ1) is 67.9. The highest BCUT2D eigenvalue weighted by atomic mass is 35.5. The van der Waals surface area contributed by atoms with Crippen LogP contribution in [0.25, 0.3) is 21.8 Å². The van der Waals surface area contributed by atoms with Gasteiger partial charge in [-0.3, -0.25) is 14.4 Å². The number of hydrogen-bond donors (Lipinski definition) is 5. The van der Waals surface area contributed by atoms with Gasteiger partial charge in [0.2, 0.25) is 47.8 Å². The third kappa shape index (κ3) is 16.9. The molecule has 27 heteroatoms. The minimum atomic E-state index is -4.01. The molecule has 0 radical (unpaired) electrons. The molecule has 92 heavy (non-hydrogen) atoms. The molecule has 3 saturated heterocycles. The predicted molar refractivity (Wildman–Crippen MR) is 348 cm³/mol. The molecule has 8 heterocycles. The molecule has 3 amide bonds. The van der Waals surface area contributed by atoms with E-state index in [4.69, 9.17) is 11.6 Å². The molecule has 3 aliphatic rings. The van der Waals surface area contributed by atoms with Gasteiger partial charge in [-0.25, -0.2) is 25.3 Å². The number of nitriles is 3. The minimum absolute atomic E-state index is 0.0122. The average Bonchev–Trinajstić information content (AvgIpc) is 2.58. The Kier molecular flexibility index (Phi) is 23.0. The topological polar surface area (TPSA) is 317 Å². The standard InChI is InChI=1S/2C22H25N5O3S.C21H25ClN4O3S/c23-16-17-6-5-14-26(17)15-10-20(22(28)27-12-2-1-3-13-27)25-31(29,30)21-8-4-7-19-18(21)9-11-24-19;23-16-18-5-4-13-26(18)14-9-20(22(28)27-11-2-1-3-12-27)25-31(29,30)19-7-6-17-8-10-24-21(17)15-19;1-16-7-5-9-18(22)20(16)30(28,29)24-19(21(27)26-11-3-2-4-12-26)10-14-25-13-6-8-17(25)15-23/h4-9,11,14,20,24-25H,1-3,10,12-13,15H2;4-8,10,13,15,20,24-25H,1-3,9,11-12,14H2;5-9,13,19,24H,2-4,10-12,14H2,1H3. The Labute approximate surface area is 541 Å². The zero-order valence-corrected chi connectivity index (χ0v) is 54.3. The lowest BCUT2D eigenvalue weighted by atomic mass is 10.1. The minimum Gasteiger partial charge on any atom is -0.361 e. The van der Waals surface area contributed by atoms with Crippen LogP contribution >= 0.6 is 11.6 Å². The number of carbonyl (C=O) groups excluding carboxylic acids is 3. The molecule has 3 atom stereocenters. The lowest BCUT2D eigenvalue weighted by molar-refractivity contribution is -0.134. The molecule has 0 saturated carbocycles. The van der Waals surface area contributed by atoms with Gasteiger partial charge in [0.15, 0.2) is 0 Å². The Morgan fingerprint density at radius 3 is 1.38 bits per heavy atom. The molecule has 484 valence electrons. The summed E-state index contributed by atoms with van der Waals surface area (Å²) >= 11 is 6.17. The SMILES string of the molecule is Cc1cccc(Cl)c1S(=O)(=O)NC(CCn1cccc1C#N)C(=O)N1CCCCC1.N#Cc1cccn1CCC(NS(=O)(=O)c1ccc2cc[nH]c2c1)C(=O)N1CCCCC1.N#Cc1cccn1CCC(NS(=O)(=O)c1cccc2[nH]ccc12)C(=O)N1CCCCC1. The number of benzene rings is 3. The average molecular weight is 1330 g/mol. The van der Waals surface area contributed by atoms with Gasteiger partial charge in [0, 0.05) is 106 Å². The highest BCUT2D eigenvalue weighted by molar-refractivity contribution is 7.90. The Morgan fingerprint density at radius 2 is 0.924 bits per heavy atom. The van der Waals surface area contributed by atoms with Gasteiger partial charge in [-0.05, 0) is 174 Å². The summed E-state index contributed by atoms with van der Waals surface area (Å²) < 4.78 is 92.1. The number of H-pyrrole nitrogens is 2. The van der Waals surface area contributed by atoms with Crippen molar-refractivity contribution in [3.8, 4) is 18.2 Å². The van der Waals surface area contributed by atoms with Crippen LogP contribution in [-0.2, 0) is 64.1 Å². The van der Waals surface area contributed by atoms with Crippen LogP contribution in [0.4, 0.5) is 0 Å². The largest absolute Gasteiger partial charge is 0.361 e. The van der Waals surface area contributed by atoms with Gasteiger partial charge in [-0.1, -0.05) is 35.9 Å². The number of nitrogens with zero attached hydrogens (tertiary/aromatic N) is 9. The number of amides is 3. The van der Waals surface area contributed by atoms with Crippen LogP contribution in [0.5, 0.6) is 0 Å². The van der Waals surface area contributed by atoms with Crippen molar-refractivity contribution in [2.75, 3.05) is 39.3 Å². The lowest BCUT2D eigenvalue weighted by Crippen LogP contribution is -2.50. The van der Waals surface area contributed by atoms with Gasteiger partial charge in [0.25, 0.3) is 0 Å². The molecule has 5 N–H and O–H groups in total. The zero-order valence-electron chi connectivity index (χ0n) is 51.1. The molecule has 3 fully saturated rings. The first-order valence-corrected chi connectivity index (χ1v) is 35.6. The fourth-order valence-corrected chi connectivity index (χ4v) is 16.6. The summed E-state index contributed by atoms with van der Waals surface area (Å²) in [7, 11) is -11.9. The van der Waals surface area contributed by atoms with Gasteiger partial charge in [-0.2, -0.15) is 30.0 Å². The van der Waals surface area contributed by atoms with E-state index in [-0.39, 0.29) is 56.7 Å². The summed E-state index contributed by atoms with van der Waals surface area (Å²) in [5, 5.41) is 29.3. The molecule has 3 unspecified atom stereocenters. The number of aromatic nitrogens is 5. The van der Waals surface area contributed by atoms with Crippen molar-refractivity contribution in [2.24, 2.45) is 0 Å². The molecule has 0 aliphatic carbocycles. The lowest BCUT2D eigenvalue weighted by Gasteiger charge is -2.31. The second kappa shape index (κ2) is 31.2. The fourth-order valence-electron chi connectivity index (χ4n) is 11.8. The smallest absolute Gasteiger partial charge is 0.243 e. The van der Waals surface area contributed by atoms with Crippen molar-refractivity contribution < 1.29 is 39.6 Å². The molecule has 0 bridgehead atoms. The number of fused-ring (bicyclic) bond motifs is 2. The Morgan fingerprint density at radius 1 is 0.500 bits per heavy atom. The summed E-state index contributed by atoms with van der Waals surface area (Å²) in [6, 6.07) is 32.2. The first-order chi connectivity index (χ1) is 44.3. The second-order valence-corrected chi connectivity index (χ2v) is 28.4. The molecular formula is C65H75ClN14O9S3. The van der Waals surface area contributed by atoms with E-state index >= 15 is 0 Å². The van der Waals surface area contributed by atoms with Crippen LogP contribution in [0.15, 0.2) is 149 Å². The predicted octanol–water partition coefficient (Wildman–Crippen LogP) is 8.25. The Bertz CT molecular complexity index is 4340. The third-order valence-corrected chi connectivity index (χ3v) is 21.8. The van der Waals surface area contributed by atoms with Crippen molar-refractivity contribution in [2.45, 2.75) is 136 Å². The van der Waals surface area contributed by atoms with Gasteiger partial charge >= 0.3 is 0 Å². The molecule has 8 aromatic rings. The number of hydrogen-bond acceptors (Lipinski definition) is 12. The highest BCUT2D eigenvalue weighted by Gasteiger charge is 2.34. The number of aryl methyl sites for hydroxylation is 4. The van der Waals surface area contributed by atoms with Crippen LogP contribution in [0.2, 0.25) is 5.02 Å². The second-order valence-electron chi connectivity index (χ2n) is 22.9. The molecule has 3 aliphatic heterocycles. The number of aromatic amines is 2.